The number of hydrogen-bond acceptors (Lipinski definition) is 4. The normalized spacial score (nSPS) is 48.4. The second-order valence-electron chi connectivity index (χ2n) is 12.8. The highest BCUT2D eigenvalue weighted by molar-refractivity contribution is 5.90. The molecule has 33 heavy (non-hydrogen) atoms. The third-order valence-corrected chi connectivity index (χ3v) is 11.6. The van der Waals surface area contributed by atoms with Crippen molar-refractivity contribution in [3.05, 3.63) is 22.8 Å². The molecule has 10 atom stereocenters. The summed E-state index contributed by atoms with van der Waals surface area (Å²) in [7, 11) is 0. The maximum atomic E-state index is 12.5. The summed E-state index contributed by atoms with van der Waals surface area (Å²) in [6, 6.07) is 0. The number of hydrogen-bond donors (Lipinski definition) is 2. The fourth-order valence-electron chi connectivity index (χ4n) is 9.58. The SMILES string of the molecule is CC1=C(CO)C(=O)O[C@@H]([C@@H](C)[C@H]2CC[C@H]3[C@@H]4CC=C5C[C@@H](O)C[C@H](C)[C@]5(C)[C@H]4CC[C@]23C)C1. The molecule has 1 aliphatic heterocycles. The van der Waals surface area contributed by atoms with Crippen molar-refractivity contribution in [3.63, 3.8) is 0 Å². The van der Waals surface area contributed by atoms with Gasteiger partial charge in [-0.05, 0) is 98.2 Å². The van der Waals surface area contributed by atoms with E-state index in [1.54, 1.807) is 0 Å². The molecule has 3 fully saturated rings. The summed E-state index contributed by atoms with van der Waals surface area (Å²) in [6.45, 7) is 11.5. The molecule has 184 valence electrons. The van der Waals surface area contributed by atoms with E-state index in [0.29, 0.717) is 28.7 Å². The predicted octanol–water partition coefficient (Wildman–Crippen LogP) is 5.43. The minimum atomic E-state index is -0.312. The van der Waals surface area contributed by atoms with Crippen molar-refractivity contribution in [2.45, 2.75) is 98.2 Å². The van der Waals surface area contributed by atoms with Gasteiger partial charge in [-0.3, -0.25) is 0 Å². The van der Waals surface area contributed by atoms with Crippen LogP contribution in [-0.4, -0.2) is 35.0 Å². The van der Waals surface area contributed by atoms with Crippen molar-refractivity contribution < 1.29 is 19.7 Å². The van der Waals surface area contributed by atoms with Crippen LogP contribution >= 0.6 is 0 Å². The molecule has 4 aliphatic carbocycles. The number of carbonyl (C=O) groups excluding carboxylic acids is 1. The number of carbonyl (C=O) groups is 1. The number of ether oxygens (including phenoxy) is 1. The number of rotatable bonds is 3. The molecular formula is C29H44O4. The van der Waals surface area contributed by atoms with Gasteiger partial charge in [0.05, 0.1) is 18.3 Å². The maximum Gasteiger partial charge on any atom is 0.336 e. The Labute approximate surface area is 199 Å². The summed E-state index contributed by atoms with van der Waals surface area (Å²) >= 11 is 0. The number of aliphatic hydroxyl groups is 2. The quantitative estimate of drug-likeness (QED) is 0.439. The molecule has 3 saturated carbocycles. The zero-order valence-electron chi connectivity index (χ0n) is 21.3. The highest BCUT2D eigenvalue weighted by Gasteiger charge is 2.61. The van der Waals surface area contributed by atoms with Crippen LogP contribution < -0.4 is 0 Å². The van der Waals surface area contributed by atoms with Crippen LogP contribution in [0, 0.1) is 46.3 Å². The van der Waals surface area contributed by atoms with Gasteiger partial charge in [0.15, 0.2) is 0 Å². The number of fused-ring (bicyclic) bond motifs is 5. The Morgan fingerprint density at radius 3 is 2.64 bits per heavy atom. The molecule has 0 aromatic heterocycles. The molecular weight excluding hydrogens is 412 g/mol. The Morgan fingerprint density at radius 1 is 1.18 bits per heavy atom. The van der Waals surface area contributed by atoms with Gasteiger partial charge in [0, 0.05) is 6.42 Å². The van der Waals surface area contributed by atoms with Crippen LogP contribution in [0.25, 0.3) is 0 Å². The molecule has 5 aliphatic rings. The van der Waals surface area contributed by atoms with Crippen LogP contribution in [0.5, 0.6) is 0 Å². The first-order valence-electron chi connectivity index (χ1n) is 13.5. The van der Waals surface area contributed by atoms with Gasteiger partial charge in [-0.25, -0.2) is 4.79 Å². The Kier molecular flexibility index (Phi) is 5.88. The second kappa shape index (κ2) is 8.22. The number of allylic oxidation sites excluding steroid dienone is 1. The smallest absolute Gasteiger partial charge is 0.336 e. The van der Waals surface area contributed by atoms with Crippen molar-refractivity contribution in [3.8, 4) is 0 Å². The summed E-state index contributed by atoms with van der Waals surface area (Å²) in [5.41, 5.74) is 3.55. The maximum absolute atomic E-state index is 12.5. The van der Waals surface area contributed by atoms with E-state index in [4.69, 9.17) is 4.74 Å². The predicted molar refractivity (Wildman–Crippen MR) is 129 cm³/mol. The molecule has 4 nitrogen and oxygen atoms in total. The molecule has 1 heterocycles. The molecule has 2 N–H and O–H groups in total. The Balaban J connectivity index is 1.38. The minimum Gasteiger partial charge on any atom is -0.458 e. The van der Waals surface area contributed by atoms with Crippen LogP contribution in [0.4, 0.5) is 0 Å². The number of aliphatic hydroxyl groups excluding tert-OH is 2. The lowest BCUT2D eigenvalue weighted by molar-refractivity contribution is -0.152. The molecule has 0 aromatic carbocycles. The minimum absolute atomic E-state index is 0.0682. The van der Waals surface area contributed by atoms with E-state index >= 15 is 0 Å². The molecule has 5 rings (SSSR count). The molecule has 0 spiro atoms. The van der Waals surface area contributed by atoms with Gasteiger partial charge < -0.3 is 14.9 Å². The molecule has 4 heteroatoms. The van der Waals surface area contributed by atoms with Gasteiger partial charge in [-0.2, -0.15) is 0 Å². The van der Waals surface area contributed by atoms with E-state index in [2.05, 4.69) is 33.8 Å². The van der Waals surface area contributed by atoms with E-state index < -0.39 is 0 Å². The van der Waals surface area contributed by atoms with E-state index in [0.717, 1.165) is 42.6 Å². The standard InChI is InChI=1S/C29H44O4/c1-16-12-26(33-27(32)22(16)15-30)18(3)23-8-9-24-21-7-6-19-14-20(31)13-17(2)29(19,5)25(21)10-11-28(23,24)4/h6,17-18,20-21,23-26,30-31H,7-15H2,1-5H3/t17-,18-,20-,21-,23+,24-,25-,26+,28+,29-/m0/s1. The lowest BCUT2D eigenvalue weighted by Crippen LogP contribution is -2.53. The van der Waals surface area contributed by atoms with Crippen molar-refractivity contribution in [2.24, 2.45) is 46.3 Å². The zero-order chi connectivity index (χ0) is 23.7. The van der Waals surface area contributed by atoms with Crippen molar-refractivity contribution in [2.75, 3.05) is 6.61 Å². The lowest BCUT2D eigenvalue weighted by Gasteiger charge is -2.60. The highest BCUT2D eigenvalue weighted by Crippen LogP contribution is 2.68. The summed E-state index contributed by atoms with van der Waals surface area (Å²) in [4.78, 5) is 12.5. The Bertz CT molecular complexity index is 873. The van der Waals surface area contributed by atoms with E-state index in [9.17, 15) is 15.0 Å². The van der Waals surface area contributed by atoms with Crippen molar-refractivity contribution in [1.82, 2.24) is 0 Å². The number of esters is 1. The van der Waals surface area contributed by atoms with E-state index in [1.807, 2.05) is 6.92 Å². The molecule has 0 bridgehead atoms. The van der Waals surface area contributed by atoms with Crippen molar-refractivity contribution in [1.29, 1.82) is 0 Å². The highest BCUT2D eigenvalue weighted by atomic mass is 16.5. The fourth-order valence-corrected chi connectivity index (χ4v) is 9.58. The first-order valence-corrected chi connectivity index (χ1v) is 13.5. The zero-order valence-corrected chi connectivity index (χ0v) is 21.3. The van der Waals surface area contributed by atoms with Crippen LogP contribution in [0.2, 0.25) is 0 Å². The summed E-state index contributed by atoms with van der Waals surface area (Å²) in [5.74, 6) is 3.35. The summed E-state index contributed by atoms with van der Waals surface area (Å²) in [5, 5.41) is 19.9. The third-order valence-electron chi connectivity index (χ3n) is 11.6. The molecule has 0 saturated heterocycles. The Hall–Kier alpha value is -1.13. The average Bonchev–Trinajstić information content (AvgIpc) is 3.11. The Morgan fingerprint density at radius 2 is 1.94 bits per heavy atom. The molecule has 0 unspecified atom stereocenters. The summed E-state index contributed by atoms with van der Waals surface area (Å²) in [6.07, 6.45) is 11.1. The molecule has 0 amide bonds. The molecule has 0 aromatic rings. The lowest BCUT2D eigenvalue weighted by atomic mass is 9.45. The summed E-state index contributed by atoms with van der Waals surface area (Å²) < 4.78 is 5.89. The van der Waals surface area contributed by atoms with Gasteiger partial charge in [0.1, 0.15) is 6.10 Å². The number of cyclic esters (lactones) is 1. The topological polar surface area (TPSA) is 66.8 Å². The van der Waals surface area contributed by atoms with Crippen LogP contribution in [0.3, 0.4) is 0 Å². The average molecular weight is 457 g/mol. The van der Waals surface area contributed by atoms with E-state index in [-0.39, 0.29) is 30.2 Å². The van der Waals surface area contributed by atoms with Crippen LogP contribution in [0.15, 0.2) is 22.8 Å². The largest absolute Gasteiger partial charge is 0.458 e. The van der Waals surface area contributed by atoms with Gasteiger partial charge >= 0.3 is 5.97 Å². The third kappa shape index (κ3) is 3.41. The molecule has 0 radical (unpaired) electrons. The first kappa shape index (κ1) is 23.6. The van der Waals surface area contributed by atoms with Gasteiger partial charge in [-0.15, -0.1) is 0 Å². The fraction of sp³-hybridized carbons (Fsp3) is 0.828. The monoisotopic (exact) mass is 456 g/mol. The van der Waals surface area contributed by atoms with Gasteiger partial charge in [-0.1, -0.05) is 44.9 Å². The van der Waals surface area contributed by atoms with E-state index in [1.165, 1.54) is 37.7 Å². The van der Waals surface area contributed by atoms with Crippen LogP contribution in [-0.2, 0) is 9.53 Å². The van der Waals surface area contributed by atoms with Crippen molar-refractivity contribution >= 4 is 5.97 Å². The van der Waals surface area contributed by atoms with Gasteiger partial charge in [0.25, 0.3) is 0 Å². The van der Waals surface area contributed by atoms with Crippen LogP contribution in [0.1, 0.15) is 86.0 Å². The van der Waals surface area contributed by atoms with Gasteiger partial charge in [0.2, 0.25) is 0 Å². The second-order valence-corrected chi connectivity index (χ2v) is 12.8. The first-order chi connectivity index (χ1) is 15.6.